The molecule has 3 aliphatic heterocycles. The van der Waals surface area contributed by atoms with Crippen LogP contribution < -0.4 is 10.6 Å². The highest BCUT2D eigenvalue weighted by molar-refractivity contribution is 7.15. The number of amides is 2. The molecule has 0 unspecified atom stereocenters. The van der Waals surface area contributed by atoms with Crippen molar-refractivity contribution in [1.29, 1.82) is 0 Å². The number of fused-ring (bicyclic) bond motifs is 6. The van der Waals surface area contributed by atoms with Crippen LogP contribution in [0.1, 0.15) is 23.4 Å². The van der Waals surface area contributed by atoms with Gasteiger partial charge >= 0.3 is 6.03 Å². The van der Waals surface area contributed by atoms with Crippen LogP contribution in [0.2, 0.25) is 0 Å². The third-order valence-corrected chi connectivity index (χ3v) is 6.35. The minimum Gasteiger partial charge on any atom is -0.375 e. The molecule has 1 aliphatic carbocycles. The first-order valence-corrected chi connectivity index (χ1v) is 8.86. The molecular weight excluding hydrogens is 302 g/mol. The molecule has 5 rings (SSSR count). The van der Waals surface area contributed by atoms with E-state index in [0.29, 0.717) is 36.4 Å². The van der Waals surface area contributed by atoms with Gasteiger partial charge in [-0.2, -0.15) is 0 Å². The van der Waals surface area contributed by atoms with Crippen molar-refractivity contribution in [2.45, 2.75) is 38.1 Å². The van der Waals surface area contributed by atoms with E-state index in [4.69, 9.17) is 9.47 Å². The highest BCUT2D eigenvalue weighted by atomic mass is 32.1. The zero-order valence-electron chi connectivity index (χ0n) is 12.2. The fourth-order valence-corrected chi connectivity index (χ4v) is 5.15. The Bertz CT molecular complexity index is 596. The first kappa shape index (κ1) is 13.3. The lowest BCUT2D eigenvalue weighted by molar-refractivity contribution is 0.0614. The van der Waals surface area contributed by atoms with Gasteiger partial charge in [0.15, 0.2) is 5.13 Å². The maximum Gasteiger partial charge on any atom is 0.321 e. The van der Waals surface area contributed by atoms with Gasteiger partial charge in [-0.05, 0) is 24.7 Å². The molecule has 7 heteroatoms. The largest absolute Gasteiger partial charge is 0.375 e. The van der Waals surface area contributed by atoms with Gasteiger partial charge in [0.05, 0.1) is 36.0 Å². The summed E-state index contributed by atoms with van der Waals surface area (Å²) in [7, 11) is 0. The quantitative estimate of drug-likeness (QED) is 0.890. The van der Waals surface area contributed by atoms with Gasteiger partial charge in [0.1, 0.15) is 0 Å². The molecule has 118 valence electrons. The fraction of sp³-hybridized carbons (Fsp3) is 0.733. The summed E-state index contributed by atoms with van der Waals surface area (Å²) in [5, 5.41) is 6.50. The van der Waals surface area contributed by atoms with Gasteiger partial charge in [0.2, 0.25) is 0 Å². The van der Waals surface area contributed by atoms with E-state index in [9.17, 15) is 4.79 Å². The van der Waals surface area contributed by atoms with Crippen LogP contribution in [-0.2, 0) is 22.5 Å². The summed E-state index contributed by atoms with van der Waals surface area (Å²) in [4.78, 5) is 17.6. The van der Waals surface area contributed by atoms with Crippen molar-refractivity contribution in [3.05, 3.63) is 10.6 Å². The van der Waals surface area contributed by atoms with Crippen LogP contribution in [0, 0.1) is 17.8 Å². The maximum atomic E-state index is 12.1. The number of rotatable bonds is 3. The van der Waals surface area contributed by atoms with Crippen molar-refractivity contribution >= 4 is 22.5 Å². The van der Waals surface area contributed by atoms with Crippen LogP contribution in [0.3, 0.4) is 0 Å². The Balaban J connectivity index is 1.15. The Hall–Kier alpha value is -1.18. The summed E-state index contributed by atoms with van der Waals surface area (Å²) in [6.07, 6.45) is 4.13. The highest BCUT2D eigenvalue weighted by Gasteiger charge is 2.62. The van der Waals surface area contributed by atoms with Crippen LogP contribution in [0.4, 0.5) is 9.93 Å². The van der Waals surface area contributed by atoms with E-state index in [1.54, 1.807) is 0 Å². The first-order chi connectivity index (χ1) is 10.8. The standard InChI is InChI=1S/C15H19N3O3S/c19-14(18-15-17-10-1-2-20-6-12(10)22-15)16-5-7-3-11-8-4-9(8)13(7)21-11/h7-9,11,13H,1-6H2,(H2,16,17,18,19)/t7-,8+,9-,11-,13+/m0/s1. The Morgan fingerprint density at radius 3 is 3.14 bits per heavy atom. The number of nitrogens with zero attached hydrogens (tertiary/aromatic N) is 1. The molecule has 5 atom stereocenters. The third-order valence-electron chi connectivity index (χ3n) is 5.36. The van der Waals surface area contributed by atoms with Crippen molar-refractivity contribution in [1.82, 2.24) is 10.3 Å². The molecule has 1 saturated carbocycles. The summed E-state index contributed by atoms with van der Waals surface area (Å²) < 4.78 is 11.4. The Morgan fingerprint density at radius 2 is 2.32 bits per heavy atom. The lowest BCUT2D eigenvalue weighted by atomic mass is 9.89. The number of ether oxygens (including phenoxy) is 2. The number of carbonyl (C=O) groups excluding carboxylic acids is 1. The van der Waals surface area contributed by atoms with E-state index >= 15 is 0 Å². The van der Waals surface area contributed by atoms with E-state index in [1.165, 1.54) is 17.8 Å². The molecule has 0 spiro atoms. The average molecular weight is 321 g/mol. The minimum absolute atomic E-state index is 0.165. The lowest BCUT2D eigenvalue weighted by Crippen LogP contribution is -2.36. The van der Waals surface area contributed by atoms with E-state index in [0.717, 1.165) is 41.9 Å². The van der Waals surface area contributed by atoms with Gasteiger partial charge in [0.25, 0.3) is 0 Å². The van der Waals surface area contributed by atoms with Crippen LogP contribution in [0.5, 0.6) is 0 Å². The lowest BCUT2D eigenvalue weighted by Gasteiger charge is -2.18. The van der Waals surface area contributed by atoms with E-state index in [-0.39, 0.29) is 6.03 Å². The molecule has 4 heterocycles. The fourth-order valence-electron chi connectivity index (χ4n) is 4.21. The minimum atomic E-state index is -0.165. The number of anilines is 1. The number of nitrogens with one attached hydrogen (secondary N) is 2. The number of hydrogen-bond donors (Lipinski definition) is 2. The van der Waals surface area contributed by atoms with Gasteiger partial charge in [-0.25, -0.2) is 9.78 Å². The Kier molecular flexibility index (Phi) is 2.96. The van der Waals surface area contributed by atoms with Gasteiger partial charge in [-0.3, -0.25) is 5.32 Å². The molecule has 2 saturated heterocycles. The van der Waals surface area contributed by atoms with Gasteiger partial charge in [-0.1, -0.05) is 11.3 Å². The van der Waals surface area contributed by atoms with Gasteiger partial charge in [0, 0.05) is 18.9 Å². The van der Waals surface area contributed by atoms with Gasteiger partial charge < -0.3 is 14.8 Å². The second-order valence-corrected chi connectivity index (χ2v) is 7.81. The molecule has 2 amide bonds. The van der Waals surface area contributed by atoms with E-state index in [2.05, 4.69) is 15.6 Å². The van der Waals surface area contributed by atoms with Crippen LogP contribution in [0.15, 0.2) is 0 Å². The third kappa shape index (κ3) is 2.14. The molecule has 0 radical (unpaired) electrons. The number of urea groups is 1. The highest BCUT2D eigenvalue weighted by Crippen LogP contribution is 2.60. The van der Waals surface area contributed by atoms with E-state index < -0.39 is 0 Å². The number of hydrogen-bond acceptors (Lipinski definition) is 5. The second-order valence-electron chi connectivity index (χ2n) is 6.72. The monoisotopic (exact) mass is 321 g/mol. The summed E-state index contributed by atoms with van der Waals surface area (Å²) in [6, 6.07) is -0.165. The van der Waals surface area contributed by atoms with Crippen LogP contribution in [0.25, 0.3) is 0 Å². The van der Waals surface area contributed by atoms with Crippen LogP contribution in [-0.4, -0.2) is 36.4 Å². The Labute approximate surface area is 132 Å². The number of aromatic nitrogens is 1. The summed E-state index contributed by atoms with van der Waals surface area (Å²) in [5.74, 6) is 2.09. The predicted octanol–water partition coefficient (Wildman–Crippen LogP) is 1.76. The summed E-state index contributed by atoms with van der Waals surface area (Å²) in [6.45, 7) is 2.03. The smallest absolute Gasteiger partial charge is 0.321 e. The summed E-state index contributed by atoms with van der Waals surface area (Å²) >= 11 is 1.51. The zero-order valence-corrected chi connectivity index (χ0v) is 13.0. The molecular formula is C15H19N3O3S. The molecule has 2 bridgehead atoms. The molecule has 0 aromatic carbocycles. The normalized spacial score (nSPS) is 37.5. The maximum absolute atomic E-state index is 12.1. The number of thiazole rings is 1. The molecule has 22 heavy (non-hydrogen) atoms. The molecule has 1 aromatic rings. The van der Waals surface area contributed by atoms with Crippen molar-refractivity contribution in [3.63, 3.8) is 0 Å². The SMILES string of the molecule is O=C(NC[C@@H]1C[C@@H]2O[C@H]1[C@H]1C[C@H]12)Nc1nc2c(s1)COCC2. The summed E-state index contributed by atoms with van der Waals surface area (Å²) in [5.41, 5.74) is 1.06. The van der Waals surface area contributed by atoms with Gasteiger partial charge in [-0.15, -0.1) is 0 Å². The second kappa shape index (κ2) is 4.91. The average Bonchev–Trinajstić information content (AvgIpc) is 2.91. The number of carbonyl (C=O) groups is 1. The first-order valence-electron chi connectivity index (χ1n) is 8.04. The van der Waals surface area contributed by atoms with Crippen molar-refractivity contribution in [3.8, 4) is 0 Å². The van der Waals surface area contributed by atoms with E-state index in [1.807, 2.05) is 0 Å². The Morgan fingerprint density at radius 1 is 1.36 bits per heavy atom. The molecule has 4 aliphatic rings. The molecule has 6 nitrogen and oxygen atoms in total. The molecule has 1 aromatic heterocycles. The van der Waals surface area contributed by atoms with Crippen LogP contribution >= 0.6 is 11.3 Å². The van der Waals surface area contributed by atoms with Crippen molar-refractivity contribution in [2.24, 2.45) is 17.8 Å². The van der Waals surface area contributed by atoms with Crippen molar-refractivity contribution < 1.29 is 14.3 Å². The van der Waals surface area contributed by atoms with Crippen molar-refractivity contribution in [2.75, 3.05) is 18.5 Å². The topological polar surface area (TPSA) is 72.5 Å². The molecule has 2 N–H and O–H groups in total. The molecule has 3 fully saturated rings. The zero-order chi connectivity index (χ0) is 14.7. The predicted molar refractivity (Wildman–Crippen MR) is 80.9 cm³/mol.